The van der Waals surface area contributed by atoms with Gasteiger partial charge in [-0.15, -0.1) is 0 Å². The number of nitrogens with one attached hydrogen (secondary N) is 1. The molecule has 0 fully saturated rings. The minimum atomic E-state index is -5.14. The zero-order chi connectivity index (χ0) is 31.7. The largest absolute Gasteiger partial charge is 0.435 e. The van der Waals surface area contributed by atoms with Crippen molar-refractivity contribution in [3.05, 3.63) is 60.0 Å². The molecule has 0 bridgehead atoms. The van der Waals surface area contributed by atoms with Crippen molar-refractivity contribution < 1.29 is 39.5 Å². The minimum Gasteiger partial charge on any atom is -0.399 e. The molecule has 0 radical (unpaired) electrons. The van der Waals surface area contributed by atoms with Crippen LogP contribution in [0, 0.1) is 0 Å². The maximum atomic E-state index is 13.0. The summed E-state index contributed by atoms with van der Waals surface area (Å²) < 4.78 is 113. The van der Waals surface area contributed by atoms with Crippen LogP contribution >= 0.6 is 0 Å². The molecule has 0 aliphatic rings. The molecule has 40 heavy (non-hydrogen) atoms. The number of nitrogens with zero attached hydrogens (tertiary/aromatic N) is 3. The van der Waals surface area contributed by atoms with E-state index in [1.54, 1.807) is 5.32 Å². The van der Waals surface area contributed by atoms with E-state index >= 15 is 0 Å². The van der Waals surface area contributed by atoms with Crippen LogP contribution in [0.25, 0.3) is 11.4 Å². The third kappa shape index (κ3) is 13.8. The fraction of sp³-hybridized carbons (Fsp3) is 0.400. The number of para-hydroxylation sites is 1. The Labute approximate surface area is 227 Å². The normalized spacial score (nSPS) is 10.7. The molecule has 3 aromatic rings. The first-order valence-corrected chi connectivity index (χ1v) is 12.0. The summed E-state index contributed by atoms with van der Waals surface area (Å²) >= 11 is 0. The van der Waals surface area contributed by atoms with E-state index in [-0.39, 0.29) is 5.56 Å². The fourth-order valence-corrected chi connectivity index (χ4v) is 2.28. The topological polar surface area (TPSA) is 103 Å². The number of nitrogens with two attached hydrogens (primary N) is 2. The van der Waals surface area contributed by atoms with Gasteiger partial charge in [-0.25, -0.2) is 9.97 Å². The van der Waals surface area contributed by atoms with Crippen molar-refractivity contribution in [2.24, 2.45) is 0 Å². The number of hydrogen-bond donors (Lipinski definition) is 3. The Morgan fingerprint density at radius 3 is 1.57 bits per heavy atom. The molecular formula is C25H33F9N6. The summed E-state index contributed by atoms with van der Waals surface area (Å²) in [5.41, 5.74) is 6.73. The van der Waals surface area contributed by atoms with Crippen LogP contribution in [0.5, 0.6) is 0 Å². The van der Waals surface area contributed by atoms with E-state index in [0.29, 0.717) is 12.3 Å². The van der Waals surface area contributed by atoms with E-state index in [2.05, 4.69) is 15.0 Å². The van der Waals surface area contributed by atoms with Gasteiger partial charge in [0.15, 0.2) is 17.3 Å². The molecule has 5 N–H and O–H groups in total. The second-order valence-corrected chi connectivity index (χ2v) is 6.47. The molecule has 0 unspecified atom stereocenters. The van der Waals surface area contributed by atoms with E-state index < -0.39 is 53.8 Å². The lowest BCUT2D eigenvalue weighted by Gasteiger charge is -2.16. The summed E-state index contributed by atoms with van der Waals surface area (Å²) in [6, 6.07) is 10.7. The van der Waals surface area contributed by atoms with E-state index in [0.717, 1.165) is 11.8 Å². The second-order valence-electron chi connectivity index (χ2n) is 6.47. The molecule has 0 spiro atoms. The number of nitrogen functional groups attached to an aromatic ring is 2. The molecule has 0 saturated carbocycles. The molecule has 0 aliphatic carbocycles. The van der Waals surface area contributed by atoms with Crippen LogP contribution in [0.4, 0.5) is 56.7 Å². The van der Waals surface area contributed by atoms with Crippen molar-refractivity contribution >= 4 is 17.2 Å². The highest BCUT2D eigenvalue weighted by atomic mass is 19.4. The Kier molecular flexibility index (Phi) is 17.0. The number of pyridine rings is 1. The van der Waals surface area contributed by atoms with Crippen molar-refractivity contribution in [2.75, 3.05) is 23.3 Å². The molecule has 0 amide bonds. The van der Waals surface area contributed by atoms with Gasteiger partial charge < -0.3 is 16.8 Å². The summed E-state index contributed by atoms with van der Waals surface area (Å²) in [6.07, 6.45) is -14.2. The Bertz CT molecular complexity index is 1080. The van der Waals surface area contributed by atoms with Crippen molar-refractivity contribution in [3.63, 3.8) is 0 Å². The number of rotatable bonds is 3. The number of alkyl halides is 9. The van der Waals surface area contributed by atoms with Crippen LogP contribution < -0.4 is 16.8 Å². The van der Waals surface area contributed by atoms with Crippen LogP contribution in [0.3, 0.4) is 0 Å². The molecule has 0 aliphatic heterocycles. The summed E-state index contributed by atoms with van der Waals surface area (Å²) in [5, 5.41) is 1.61. The molecule has 3 rings (SSSR count). The van der Waals surface area contributed by atoms with Crippen LogP contribution in [-0.2, 0) is 12.4 Å². The second kappa shape index (κ2) is 17.7. The molecule has 6 nitrogen and oxygen atoms in total. The molecule has 1 aromatic carbocycles. The highest BCUT2D eigenvalue weighted by Crippen LogP contribution is 2.37. The van der Waals surface area contributed by atoms with Gasteiger partial charge in [-0.05, 0) is 24.3 Å². The standard InChI is InChI=1S/C13H8F9N5.C6H7N.3C2H6/c14-11(15,16)4-25-10-7(23)8(13(20,21)22)26-9(27-10)5-1-2-6(24-3-5)12(17,18)19;7-6-4-2-1-3-5-6;3*1-2/h1-3H,4,23H2,(H,25,26,27);1-5H,7H2;3*1-2H3. The van der Waals surface area contributed by atoms with Crippen LogP contribution in [0.2, 0.25) is 0 Å². The predicted molar refractivity (Wildman–Crippen MR) is 139 cm³/mol. The van der Waals surface area contributed by atoms with E-state index in [9.17, 15) is 39.5 Å². The van der Waals surface area contributed by atoms with Crippen LogP contribution in [0.15, 0.2) is 48.7 Å². The Balaban J connectivity index is 0. The van der Waals surface area contributed by atoms with Crippen molar-refractivity contribution in [1.29, 1.82) is 0 Å². The summed E-state index contributed by atoms with van der Waals surface area (Å²) in [4.78, 5) is 9.59. The quantitative estimate of drug-likeness (QED) is 0.210. The summed E-state index contributed by atoms with van der Waals surface area (Å²) in [7, 11) is 0. The number of aromatic nitrogens is 3. The molecule has 226 valence electrons. The van der Waals surface area contributed by atoms with E-state index in [4.69, 9.17) is 11.5 Å². The molecule has 15 heteroatoms. The summed E-state index contributed by atoms with van der Waals surface area (Å²) in [6.45, 7) is 10.3. The average molecular weight is 589 g/mol. The van der Waals surface area contributed by atoms with Crippen molar-refractivity contribution in [1.82, 2.24) is 15.0 Å². The van der Waals surface area contributed by atoms with E-state index in [1.807, 2.05) is 71.9 Å². The van der Waals surface area contributed by atoms with Gasteiger partial charge in [-0.2, -0.15) is 39.5 Å². The highest BCUT2D eigenvalue weighted by Gasteiger charge is 2.38. The first-order valence-electron chi connectivity index (χ1n) is 12.0. The molecule has 0 saturated heterocycles. The van der Waals surface area contributed by atoms with Gasteiger partial charge in [-0.1, -0.05) is 59.7 Å². The van der Waals surface area contributed by atoms with Gasteiger partial charge >= 0.3 is 18.5 Å². The molecule has 2 aromatic heterocycles. The number of hydrogen-bond acceptors (Lipinski definition) is 6. The zero-order valence-corrected chi connectivity index (χ0v) is 22.7. The van der Waals surface area contributed by atoms with Gasteiger partial charge in [-0.3, -0.25) is 4.98 Å². The Morgan fingerprint density at radius 1 is 0.700 bits per heavy atom. The highest BCUT2D eigenvalue weighted by molar-refractivity contribution is 5.69. The first-order chi connectivity index (χ1) is 18.6. The smallest absolute Gasteiger partial charge is 0.399 e. The number of benzene rings is 1. The Morgan fingerprint density at radius 2 is 1.23 bits per heavy atom. The summed E-state index contributed by atoms with van der Waals surface area (Å²) in [5.74, 6) is -1.77. The maximum absolute atomic E-state index is 13.0. The van der Waals surface area contributed by atoms with Crippen molar-refractivity contribution in [3.8, 4) is 11.4 Å². The lowest BCUT2D eigenvalue weighted by atomic mass is 10.2. The number of anilines is 3. The first kappa shape index (κ1) is 38.4. The third-order valence-corrected chi connectivity index (χ3v) is 3.78. The monoisotopic (exact) mass is 588 g/mol. The van der Waals surface area contributed by atoms with E-state index in [1.165, 1.54) is 0 Å². The lowest BCUT2D eigenvalue weighted by molar-refractivity contribution is -0.141. The van der Waals surface area contributed by atoms with Gasteiger partial charge in [0.25, 0.3) is 0 Å². The van der Waals surface area contributed by atoms with Crippen molar-refractivity contribution in [2.45, 2.75) is 60.1 Å². The third-order valence-electron chi connectivity index (χ3n) is 3.78. The lowest BCUT2D eigenvalue weighted by Crippen LogP contribution is -2.24. The molecule has 0 atom stereocenters. The predicted octanol–water partition coefficient (Wildman–Crippen LogP) is 8.48. The van der Waals surface area contributed by atoms with Crippen LogP contribution in [-0.4, -0.2) is 27.7 Å². The average Bonchev–Trinajstić information content (AvgIpc) is 2.91. The minimum absolute atomic E-state index is 0.386. The Hall–Kier alpha value is -3.78. The van der Waals surface area contributed by atoms with Gasteiger partial charge in [0.05, 0.1) is 0 Å². The van der Waals surface area contributed by atoms with Gasteiger partial charge in [0.2, 0.25) is 0 Å². The molecule has 2 heterocycles. The van der Waals surface area contributed by atoms with Gasteiger partial charge in [0.1, 0.15) is 17.9 Å². The molecular weight excluding hydrogens is 555 g/mol. The van der Waals surface area contributed by atoms with Gasteiger partial charge in [0, 0.05) is 17.4 Å². The fourth-order valence-electron chi connectivity index (χ4n) is 2.28. The zero-order valence-electron chi connectivity index (χ0n) is 22.7. The van der Waals surface area contributed by atoms with Crippen LogP contribution in [0.1, 0.15) is 52.9 Å². The maximum Gasteiger partial charge on any atom is 0.435 e. The number of halogens is 9. The SMILES string of the molecule is CC.CC.CC.Nc1c(NCC(F)(F)F)nc(-c2ccc(C(F)(F)F)nc2)nc1C(F)(F)F.Nc1ccccc1.